The number of hydrogen-bond donors (Lipinski definition) is 4. The van der Waals surface area contributed by atoms with Gasteiger partial charge in [-0.05, 0) is 53.8 Å². The number of nitrogen functional groups attached to an aromatic ring is 1. The van der Waals surface area contributed by atoms with Crippen molar-refractivity contribution >= 4 is 41.5 Å². The number of fused-ring (bicyclic) bond motifs is 2. The number of likely N-dealkylation sites (N-methyl/N-ethyl adjacent to an activating group) is 1. The zero-order chi connectivity index (χ0) is 32.4. The minimum absolute atomic E-state index is 0.144. The van der Waals surface area contributed by atoms with Crippen molar-refractivity contribution in [1.29, 1.82) is 5.41 Å². The molecule has 5 bridgehead atoms. The van der Waals surface area contributed by atoms with E-state index in [1.54, 1.807) is 25.4 Å². The summed E-state index contributed by atoms with van der Waals surface area (Å²) in [6.07, 6.45) is 9.13. The van der Waals surface area contributed by atoms with E-state index in [0.717, 1.165) is 33.5 Å². The number of benzene rings is 1. The molecule has 2 aromatic heterocycles. The highest BCUT2D eigenvalue weighted by Crippen LogP contribution is 2.46. The van der Waals surface area contributed by atoms with Gasteiger partial charge < -0.3 is 36.2 Å². The maximum absolute atomic E-state index is 13.7. The third-order valence-electron chi connectivity index (χ3n) is 8.90. The van der Waals surface area contributed by atoms with Gasteiger partial charge in [-0.2, -0.15) is 0 Å². The first-order chi connectivity index (χ1) is 22.2. The number of nitrogens with zero attached hydrogens (tertiary/aromatic N) is 3. The molecule has 0 unspecified atom stereocenters. The lowest BCUT2D eigenvalue weighted by atomic mass is 9.79. The number of aromatic nitrogens is 2. The smallest absolute Gasteiger partial charge is 0.253 e. The van der Waals surface area contributed by atoms with Gasteiger partial charge in [-0.25, -0.2) is 4.98 Å². The molecule has 0 fully saturated rings. The molecule has 2 aliphatic heterocycles. The van der Waals surface area contributed by atoms with Gasteiger partial charge in [0.25, 0.3) is 5.91 Å². The number of hydrogen-bond acceptors (Lipinski definition) is 9. The van der Waals surface area contributed by atoms with Crippen molar-refractivity contribution < 1.29 is 23.9 Å². The van der Waals surface area contributed by atoms with Gasteiger partial charge >= 0.3 is 0 Å². The van der Waals surface area contributed by atoms with Gasteiger partial charge in [0.05, 0.1) is 37.4 Å². The molecule has 238 valence electrons. The molecule has 12 nitrogen and oxygen atoms in total. The number of carbonyl (C=O) groups excluding carboxylic acids is 3. The molecule has 12 heteroatoms. The molecule has 4 heterocycles. The first kappa shape index (κ1) is 31.1. The molecule has 2 atom stereocenters. The standard InChI is InChI=1S/C34H37N7O5/c1-20-10-22(11-24(17-35)29(20)36)13-27-32(43)41(2)5-7-46-9-8-45-6-3-4-21-12-26-30(38-18-21)40-33(44)34(26)15-23-14-25(31(42)39-27)19-37-28(23)16-34/h3-4,10-12,14,17-19,27,35H,5-9,13,15-16,36H2,1-2H3,(H,39,42)(H,38,40,44)/b4-3+,35-17?/t27-,34+/m1/s1. The minimum atomic E-state index is -0.913. The van der Waals surface area contributed by atoms with Crippen molar-refractivity contribution in [2.24, 2.45) is 0 Å². The fourth-order valence-electron chi connectivity index (χ4n) is 6.34. The van der Waals surface area contributed by atoms with E-state index in [0.29, 0.717) is 68.4 Å². The van der Waals surface area contributed by atoms with E-state index in [1.165, 1.54) is 17.3 Å². The zero-order valence-electron chi connectivity index (χ0n) is 25.9. The van der Waals surface area contributed by atoms with Crippen molar-refractivity contribution in [1.82, 2.24) is 20.2 Å². The average Bonchev–Trinajstić information content (AvgIpc) is 3.56. The highest BCUT2D eigenvalue weighted by Gasteiger charge is 2.52. The van der Waals surface area contributed by atoms with Gasteiger partial charge in [0.2, 0.25) is 11.8 Å². The maximum Gasteiger partial charge on any atom is 0.253 e. The Kier molecular flexibility index (Phi) is 8.65. The lowest BCUT2D eigenvalue weighted by Gasteiger charge is -2.25. The van der Waals surface area contributed by atoms with Gasteiger partial charge in [0.1, 0.15) is 11.9 Å². The third kappa shape index (κ3) is 6.01. The first-order valence-electron chi connectivity index (χ1n) is 15.3. The van der Waals surface area contributed by atoms with Gasteiger partial charge in [-0.3, -0.25) is 19.4 Å². The highest BCUT2D eigenvalue weighted by atomic mass is 16.5. The number of pyridine rings is 2. The topological polar surface area (TPSA) is 173 Å². The molecule has 46 heavy (non-hydrogen) atoms. The summed E-state index contributed by atoms with van der Waals surface area (Å²) in [5, 5.41) is 13.6. The van der Waals surface area contributed by atoms with Crippen LogP contribution in [-0.2, 0) is 43.7 Å². The zero-order valence-corrected chi connectivity index (χ0v) is 25.9. The molecule has 0 radical (unpaired) electrons. The Morgan fingerprint density at radius 3 is 2.74 bits per heavy atom. The van der Waals surface area contributed by atoms with Gasteiger partial charge in [0, 0.05) is 67.6 Å². The predicted octanol–water partition coefficient (Wildman–Crippen LogP) is 2.21. The molecule has 1 aliphatic carbocycles. The molecule has 0 saturated heterocycles. The number of ether oxygens (including phenoxy) is 2. The van der Waals surface area contributed by atoms with Crippen molar-refractivity contribution in [2.75, 3.05) is 51.1 Å². The van der Waals surface area contributed by atoms with E-state index >= 15 is 0 Å². The summed E-state index contributed by atoms with van der Waals surface area (Å²) >= 11 is 0. The molecule has 6 rings (SSSR count). The predicted molar refractivity (Wildman–Crippen MR) is 173 cm³/mol. The lowest BCUT2D eigenvalue weighted by Crippen LogP contribution is -2.49. The number of nitrogens with two attached hydrogens (primary N) is 1. The Labute approximate surface area is 266 Å². The summed E-state index contributed by atoms with van der Waals surface area (Å²) in [5.41, 5.74) is 11.3. The molecular weight excluding hydrogens is 586 g/mol. The van der Waals surface area contributed by atoms with Crippen LogP contribution in [0.1, 0.15) is 49.4 Å². The van der Waals surface area contributed by atoms with Crippen LogP contribution in [0, 0.1) is 12.3 Å². The normalized spacial score (nSPS) is 22.5. The lowest BCUT2D eigenvalue weighted by molar-refractivity contribution is -0.132. The number of aryl methyl sites for hydroxylation is 1. The molecule has 3 aliphatic rings. The molecule has 5 N–H and O–H groups in total. The number of nitrogens with one attached hydrogen (secondary N) is 3. The highest BCUT2D eigenvalue weighted by molar-refractivity contribution is 6.06. The summed E-state index contributed by atoms with van der Waals surface area (Å²) in [7, 11) is 1.67. The number of rotatable bonds is 3. The van der Waals surface area contributed by atoms with Crippen molar-refractivity contribution in [3.05, 3.63) is 87.4 Å². The Balaban J connectivity index is 1.32. The number of anilines is 2. The second kappa shape index (κ2) is 12.8. The second-order valence-electron chi connectivity index (χ2n) is 12.0. The first-order valence-corrected chi connectivity index (χ1v) is 15.3. The molecule has 1 aromatic carbocycles. The minimum Gasteiger partial charge on any atom is -0.398 e. The van der Waals surface area contributed by atoms with Crippen molar-refractivity contribution in [3.63, 3.8) is 0 Å². The summed E-state index contributed by atoms with van der Waals surface area (Å²) in [4.78, 5) is 51.5. The maximum atomic E-state index is 13.7. The molecule has 1 spiro atoms. The van der Waals surface area contributed by atoms with E-state index in [-0.39, 0.29) is 18.2 Å². The van der Waals surface area contributed by atoms with Crippen LogP contribution in [0.3, 0.4) is 0 Å². The van der Waals surface area contributed by atoms with E-state index in [2.05, 4.69) is 20.6 Å². The quantitative estimate of drug-likeness (QED) is 0.254. The Morgan fingerprint density at radius 2 is 1.91 bits per heavy atom. The van der Waals surface area contributed by atoms with Crippen LogP contribution in [0.2, 0.25) is 0 Å². The molecule has 3 aromatic rings. The van der Waals surface area contributed by atoms with Crippen LogP contribution in [0.4, 0.5) is 11.5 Å². The summed E-state index contributed by atoms with van der Waals surface area (Å²) in [6.45, 7) is 3.57. The van der Waals surface area contributed by atoms with Crippen LogP contribution < -0.4 is 16.4 Å². The molecule has 0 saturated carbocycles. The number of amides is 3. The van der Waals surface area contributed by atoms with Crippen LogP contribution in [0.25, 0.3) is 6.08 Å². The number of carbonyl (C=O) groups is 3. The fraction of sp³-hybridized carbons (Fsp3) is 0.353. The summed E-state index contributed by atoms with van der Waals surface area (Å²) in [5.74, 6) is -0.356. The monoisotopic (exact) mass is 623 g/mol. The van der Waals surface area contributed by atoms with E-state index in [1.807, 2.05) is 31.2 Å². The van der Waals surface area contributed by atoms with Gasteiger partial charge in [-0.15, -0.1) is 0 Å². The van der Waals surface area contributed by atoms with Crippen LogP contribution in [-0.4, -0.2) is 84.9 Å². The molecule has 3 amide bonds. The second-order valence-corrected chi connectivity index (χ2v) is 12.0. The fourth-order valence-corrected chi connectivity index (χ4v) is 6.34. The van der Waals surface area contributed by atoms with Gasteiger partial charge in [-0.1, -0.05) is 18.2 Å². The van der Waals surface area contributed by atoms with E-state index < -0.39 is 17.4 Å². The van der Waals surface area contributed by atoms with Crippen molar-refractivity contribution in [2.45, 2.75) is 37.6 Å². The van der Waals surface area contributed by atoms with E-state index in [9.17, 15) is 14.4 Å². The largest absolute Gasteiger partial charge is 0.398 e. The SMILES string of the molecule is Cc1cc(C[C@H]2NC(=O)c3cnc4c(c3)C[C@@]3(C4)C(=O)Nc4ncc(cc43)/C=C/COCCOCCN(C)C2=O)cc(C=N)c1N. The van der Waals surface area contributed by atoms with Crippen LogP contribution in [0.5, 0.6) is 0 Å². The summed E-state index contributed by atoms with van der Waals surface area (Å²) in [6, 6.07) is 6.45. The van der Waals surface area contributed by atoms with E-state index in [4.69, 9.17) is 20.6 Å². The van der Waals surface area contributed by atoms with Crippen molar-refractivity contribution in [3.8, 4) is 0 Å². The Bertz CT molecular complexity index is 1760. The van der Waals surface area contributed by atoms with Crippen LogP contribution in [0.15, 0.2) is 42.7 Å². The average molecular weight is 624 g/mol. The summed E-state index contributed by atoms with van der Waals surface area (Å²) < 4.78 is 11.4. The Morgan fingerprint density at radius 1 is 1.09 bits per heavy atom. The van der Waals surface area contributed by atoms with Gasteiger partial charge in [0.15, 0.2) is 0 Å². The Hall–Kier alpha value is -4.94. The third-order valence-corrected chi connectivity index (χ3v) is 8.90. The molecular formula is C34H37N7O5. The van der Waals surface area contributed by atoms with Crippen LogP contribution >= 0.6 is 0 Å².